The molecule has 0 aliphatic heterocycles. The molecule has 0 rings (SSSR count). The van der Waals surface area contributed by atoms with E-state index in [1.54, 1.807) is 14.0 Å². The van der Waals surface area contributed by atoms with Crippen LogP contribution >= 0.6 is 0 Å². The SMILES string of the molecule is CCOC(=O)N(CCOC)CCC(=O)OC. The normalized spacial score (nSPS) is 9.69. The van der Waals surface area contributed by atoms with Gasteiger partial charge in [-0.2, -0.15) is 0 Å². The first-order chi connectivity index (χ1) is 7.65. The molecule has 1 amide bonds. The van der Waals surface area contributed by atoms with Crippen molar-refractivity contribution in [1.29, 1.82) is 0 Å². The van der Waals surface area contributed by atoms with Gasteiger partial charge in [-0.3, -0.25) is 4.79 Å². The first-order valence-corrected chi connectivity index (χ1v) is 5.13. The smallest absolute Gasteiger partial charge is 0.409 e. The molecule has 0 aromatic carbocycles. The molecule has 0 bridgehead atoms. The average Bonchev–Trinajstić information content (AvgIpc) is 2.29. The van der Waals surface area contributed by atoms with Crippen molar-refractivity contribution in [1.82, 2.24) is 4.90 Å². The predicted octanol–water partition coefficient (Wildman–Crippen LogP) is 0.654. The van der Waals surface area contributed by atoms with Gasteiger partial charge >= 0.3 is 12.1 Å². The van der Waals surface area contributed by atoms with Gasteiger partial charge in [0.1, 0.15) is 0 Å². The lowest BCUT2D eigenvalue weighted by Crippen LogP contribution is -2.36. The summed E-state index contributed by atoms with van der Waals surface area (Å²) in [6.07, 6.45) is -0.289. The number of methoxy groups -OCH3 is 2. The van der Waals surface area contributed by atoms with Crippen LogP contribution in [0.2, 0.25) is 0 Å². The number of amides is 1. The van der Waals surface area contributed by atoms with Crippen LogP contribution in [0.4, 0.5) is 4.79 Å². The molecule has 0 aliphatic carbocycles. The number of esters is 1. The van der Waals surface area contributed by atoms with Crippen LogP contribution in [0.15, 0.2) is 0 Å². The van der Waals surface area contributed by atoms with Gasteiger partial charge in [0.25, 0.3) is 0 Å². The highest BCUT2D eigenvalue weighted by molar-refractivity contribution is 5.71. The fourth-order valence-electron chi connectivity index (χ4n) is 1.04. The second-order valence-electron chi connectivity index (χ2n) is 3.00. The van der Waals surface area contributed by atoms with Crippen LogP contribution in [-0.4, -0.2) is 57.5 Å². The molecule has 0 spiro atoms. The lowest BCUT2D eigenvalue weighted by atomic mass is 10.4. The molecule has 6 heteroatoms. The molecule has 0 N–H and O–H groups in total. The Morgan fingerprint density at radius 3 is 2.38 bits per heavy atom. The minimum atomic E-state index is -0.441. The maximum atomic E-state index is 11.4. The molecule has 0 aliphatic rings. The Morgan fingerprint density at radius 1 is 1.19 bits per heavy atom. The molecule has 0 radical (unpaired) electrons. The van der Waals surface area contributed by atoms with Gasteiger partial charge in [-0.15, -0.1) is 0 Å². The van der Waals surface area contributed by atoms with Gasteiger partial charge in [0, 0.05) is 20.2 Å². The molecular formula is C10H19NO5. The summed E-state index contributed by atoms with van der Waals surface area (Å²) in [7, 11) is 2.86. The fourth-order valence-corrected chi connectivity index (χ4v) is 1.04. The second kappa shape index (κ2) is 8.96. The average molecular weight is 233 g/mol. The zero-order chi connectivity index (χ0) is 12.4. The van der Waals surface area contributed by atoms with Crippen LogP contribution in [0.25, 0.3) is 0 Å². The Hall–Kier alpha value is -1.30. The van der Waals surface area contributed by atoms with E-state index in [2.05, 4.69) is 4.74 Å². The maximum Gasteiger partial charge on any atom is 0.409 e. The quantitative estimate of drug-likeness (QED) is 0.604. The molecule has 0 saturated heterocycles. The summed E-state index contributed by atoms with van der Waals surface area (Å²) >= 11 is 0. The number of hydrogen-bond acceptors (Lipinski definition) is 5. The van der Waals surface area contributed by atoms with Crippen molar-refractivity contribution < 1.29 is 23.8 Å². The van der Waals surface area contributed by atoms with Crippen molar-refractivity contribution in [2.24, 2.45) is 0 Å². The predicted molar refractivity (Wildman–Crippen MR) is 57.1 cm³/mol. The van der Waals surface area contributed by atoms with E-state index in [-0.39, 0.29) is 18.9 Å². The highest BCUT2D eigenvalue weighted by atomic mass is 16.6. The highest BCUT2D eigenvalue weighted by Gasteiger charge is 2.15. The number of carbonyl (C=O) groups is 2. The Bertz CT molecular complexity index is 219. The fraction of sp³-hybridized carbons (Fsp3) is 0.800. The van der Waals surface area contributed by atoms with E-state index in [4.69, 9.17) is 9.47 Å². The summed E-state index contributed by atoms with van der Waals surface area (Å²) in [6.45, 7) is 3.11. The van der Waals surface area contributed by atoms with E-state index >= 15 is 0 Å². The van der Waals surface area contributed by atoms with Gasteiger partial charge in [0.05, 0.1) is 26.7 Å². The lowest BCUT2D eigenvalue weighted by molar-refractivity contribution is -0.140. The topological polar surface area (TPSA) is 65.1 Å². The second-order valence-corrected chi connectivity index (χ2v) is 3.00. The largest absolute Gasteiger partial charge is 0.469 e. The molecule has 0 aromatic heterocycles. The van der Waals surface area contributed by atoms with Gasteiger partial charge in [0.15, 0.2) is 0 Å². The van der Waals surface area contributed by atoms with E-state index in [0.717, 1.165) is 0 Å². The summed E-state index contributed by atoms with van der Waals surface area (Å²) in [4.78, 5) is 23.8. The third-order valence-electron chi connectivity index (χ3n) is 1.90. The zero-order valence-corrected chi connectivity index (χ0v) is 10.0. The van der Waals surface area contributed by atoms with Crippen molar-refractivity contribution in [3.05, 3.63) is 0 Å². The van der Waals surface area contributed by atoms with Gasteiger partial charge < -0.3 is 19.1 Å². The molecule has 94 valence electrons. The van der Waals surface area contributed by atoms with Gasteiger partial charge in [-0.05, 0) is 6.92 Å². The monoisotopic (exact) mass is 233 g/mol. The van der Waals surface area contributed by atoms with E-state index in [1.807, 2.05) is 0 Å². The van der Waals surface area contributed by atoms with E-state index in [0.29, 0.717) is 19.8 Å². The summed E-state index contributed by atoms with van der Waals surface area (Å²) in [5.41, 5.74) is 0. The standard InChI is InChI=1S/C10H19NO5/c1-4-16-10(13)11(7-8-14-2)6-5-9(12)15-3/h4-8H2,1-3H3. The summed E-state index contributed by atoms with van der Waals surface area (Å²) in [6, 6.07) is 0. The first-order valence-electron chi connectivity index (χ1n) is 5.13. The molecule has 0 fully saturated rings. The Balaban J connectivity index is 4.08. The molecule has 0 saturated carbocycles. The summed E-state index contributed by atoms with van der Waals surface area (Å²) in [5, 5.41) is 0. The van der Waals surface area contributed by atoms with Crippen LogP contribution < -0.4 is 0 Å². The van der Waals surface area contributed by atoms with Crippen molar-refractivity contribution in [3.8, 4) is 0 Å². The van der Waals surface area contributed by atoms with Crippen LogP contribution in [0.5, 0.6) is 0 Å². The Kier molecular flexibility index (Phi) is 8.24. The number of hydrogen-bond donors (Lipinski definition) is 0. The maximum absolute atomic E-state index is 11.4. The molecule has 0 unspecified atom stereocenters. The van der Waals surface area contributed by atoms with Gasteiger partial charge in [-0.1, -0.05) is 0 Å². The molecule has 16 heavy (non-hydrogen) atoms. The lowest BCUT2D eigenvalue weighted by Gasteiger charge is -2.20. The number of carbonyl (C=O) groups excluding carboxylic acids is 2. The highest BCUT2D eigenvalue weighted by Crippen LogP contribution is 1.98. The Morgan fingerprint density at radius 2 is 1.88 bits per heavy atom. The van der Waals surface area contributed by atoms with E-state index in [9.17, 15) is 9.59 Å². The van der Waals surface area contributed by atoms with E-state index < -0.39 is 6.09 Å². The number of ether oxygens (including phenoxy) is 3. The van der Waals surface area contributed by atoms with Gasteiger partial charge in [-0.25, -0.2) is 4.79 Å². The number of nitrogens with zero attached hydrogens (tertiary/aromatic N) is 1. The van der Waals surface area contributed by atoms with E-state index in [1.165, 1.54) is 12.0 Å². The summed E-state index contributed by atoms with van der Waals surface area (Å²) in [5.74, 6) is -0.355. The Labute approximate surface area is 95.4 Å². The molecule has 0 atom stereocenters. The van der Waals surface area contributed by atoms with Crippen LogP contribution in [0, 0.1) is 0 Å². The molecular weight excluding hydrogens is 214 g/mol. The van der Waals surface area contributed by atoms with Crippen molar-refractivity contribution in [3.63, 3.8) is 0 Å². The van der Waals surface area contributed by atoms with Gasteiger partial charge in [0.2, 0.25) is 0 Å². The summed E-state index contributed by atoms with van der Waals surface area (Å²) < 4.78 is 14.2. The van der Waals surface area contributed by atoms with Crippen molar-refractivity contribution >= 4 is 12.1 Å². The third kappa shape index (κ3) is 6.23. The number of rotatable bonds is 7. The third-order valence-corrected chi connectivity index (χ3v) is 1.90. The van der Waals surface area contributed by atoms with Crippen LogP contribution in [-0.2, 0) is 19.0 Å². The minimum absolute atomic E-state index is 0.152. The van der Waals surface area contributed by atoms with Crippen LogP contribution in [0.3, 0.4) is 0 Å². The van der Waals surface area contributed by atoms with Crippen LogP contribution in [0.1, 0.15) is 13.3 Å². The van der Waals surface area contributed by atoms with Crippen molar-refractivity contribution in [2.75, 3.05) is 40.5 Å². The molecule has 0 aromatic rings. The molecule has 6 nitrogen and oxygen atoms in total. The van der Waals surface area contributed by atoms with Crippen molar-refractivity contribution in [2.45, 2.75) is 13.3 Å². The minimum Gasteiger partial charge on any atom is -0.469 e. The first kappa shape index (κ1) is 14.7. The zero-order valence-electron chi connectivity index (χ0n) is 10.0. The molecule has 0 heterocycles.